The van der Waals surface area contributed by atoms with E-state index >= 15 is 0 Å². The van der Waals surface area contributed by atoms with Gasteiger partial charge in [0.05, 0.1) is 30.8 Å². The zero-order valence-corrected chi connectivity index (χ0v) is 27.2. The molecule has 3 N–H and O–H groups in total. The quantitative estimate of drug-likeness (QED) is 0.212. The normalized spacial score (nSPS) is 18.1. The summed E-state index contributed by atoms with van der Waals surface area (Å²) in [6.45, 7) is 12.6. The van der Waals surface area contributed by atoms with E-state index in [-0.39, 0.29) is 29.0 Å². The summed E-state index contributed by atoms with van der Waals surface area (Å²) in [4.78, 5) is 48.6. The van der Waals surface area contributed by atoms with Gasteiger partial charge in [-0.2, -0.15) is 0 Å². The summed E-state index contributed by atoms with van der Waals surface area (Å²) in [7, 11) is 3.32. The predicted octanol–water partition coefficient (Wildman–Crippen LogP) is 5.10. The Labute approximate surface area is 265 Å². The van der Waals surface area contributed by atoms with Crippen LogP contribution in [0, 0.1) is 11.8 Å². The Morgan fingerprint density at radius 3 is 2.27 bits per heavy atom. The van der Waals surface area contributed by atoms with E-state index in [1.54, 1.807) is 32.4 Å². The van der Waals surface area contributed by atoms with Crippen LogP contribution >= 0.6 is 0 Å². The summed E-state index contributed by atoms with van der Waals surface area (Å²) in [5.41, 5.74) is 7.66. The van der Waals surface area contributed by atoms with Gasteiger partial charge in [-0.3, -0.25) is 19.2 Å². The number of pyridine rings is 1. The smallest absolute Gasteiger partial charge is 0.309 e. The molecular formula is C35H47N3O7. The molecule has 45 heavy (non-hydrogen) atoms. The van der Waals surface area contributed by atoms with Crippen molar-refractivity contribution >= 4 is 29.2 Å². The number of likely N-dealkylation sites (tertiary alicyclic amines) is 1. The number of hydrogen-bond acceptors (Lipinski definition) is 7. The molecule has 1 aromatic heterocycles. The van der Waals surface area contributed by atoms with Gasteiger partial charge in [0.1, 0.15) is 11.8 Å². The van der Waals surface area contributed by atoms with Crippen molar-refractivity contribution in [2.24, 2.45) is 17.6 Å². The zero-order valence-electron chi connectivity index (χ0n) is 27.2. The molecule has 1 saturated heterocycles. The third kappa shape index (κ3) is 11.9. The Balaban J connectivity index is 0.000000231. The number of carbonyl (C=O) groups excluding carboxylic acids is 3. The Kier molecular flexibility index (Phi) is 14.5. The summed E-state index contributed by atoms with van der Waals surface area (Å²) in [5.74, 6) is 0.780. The molecule has 2 amide bonds. The van der Waals surface area contributed by atoms with Crippen LogP contribution in [0.1, 0.15) is 47.0 Å². The molecule has 2 heterocycles. The van der Waals surface area contributed by atoms with E-state index in [4.69, 9.17) is 19.9 Å². The molecule has 2 aromatic carbocycles. The van der Waals surface area contributed by atoms with Crippen molar-refractivity contribution in [3.8, 4) is 17.0 Å². The molecule has 244 valence electrons. The number of ether oxygens (including phenoxy) is 3. The number of primary amides is 1. The molecular weight excluding hydrogens is 574 g/mol. The second-order valence-corrected chi connectivity index (χ2v) is 11.5. The fraction of sp³-hybridized carbons (Fsp3) is 0.429. The SMILES string of the molecule is C=CC1CC1C(=O)OCC.COC(C)(C)C.COc1ccc2c(=O)cc(-c3ccccc3)[nH]c2c1.NC(=O)C1CCCN1C=O. The number of rotatable bonds is 7. The summed E-state index contributed by atoms with van der Waals surface area (Å²) >= 11 is 0. The zero-order chi connectivity index (χ0) is 33.6. The number of aromatic amines is 1. The Bertz CT molecular complexity index is 1460. The molecule has 2 fully saturated rings. The number of nitrogens with one attached hydrogen (secondary N) is 1. The van der Waals surface area contributed by atoms with Crippen LogP contribution in [0.2, 0.25) is 0 Å². The van der Waals surface area contributed by atoms with Crippen molar-refractivity contribution in [1.29, 1.82) is 0 Å². The molecule has 3 aromatic rings. The topological polar surface area (TPSA) is 141 Å². The van der Waals surface area contributed by atoms with E-state index in [2.05, 4.69) is 11.6 Å². The van der Waals surface area contributed by atoms with Gasteiger partial charge in [-0.1, -0.05) is 36.4 Å². The number of nitrogens with two attached hydrogens (primary N) is 1. The van der Waals surface area contributed by atoms with Crippen LogP contribution in [-0.4, -0.2) is 67.2 Å². The highest BCUT2D eigenvalue weighted by Gasteiger charge is 2.41. The summed E-state index contributed by atoms with van der Waals surface area (Å²) in [5, 5.41) is 0.667. The highest BCUT2D eigenvalue weighted by molar-refractivity contribution is 5.83. The van der Waals surface area contributed by atoms with Gasteiger partial charge in [0.2, 0.25) is 12.3 Å². The molecule has 1 aliphatic carbocycles. The average molecular weight is 622 g/mol. The lowest BCUT2D eigenvalue weighted by molar-refractivity contribution is -0.144. The summed E-state index contributed by atoms with van der Waals surface area (Å²) in [6.07, 6.45) is 5.03. The molecule has 0 bridgehead atoms. The van der Waals surface area contributed by atoms with E-state index in [0.717, 1.165) is 35.4 Å². The molecule has 2 aliphatic rings. The molecule has 0 spiro atoms. The van der Waals surface area contributed by atoms with Crippen LogP contribution in [0.4, 0.5) is 0 Å². The van der Waals surface area contributed by atoms with Crippen molar-refractivity contribution in [3.05, 3.63) is 77.5 Å². The third-order valence-corrected chi connectivity index (χ3v) is 7.22. The second kappa shape index (κ2) is 17.8. The molecule has 5 rings (SSSR count). The first kappa shape index (κ1) is 36.8. The molecule has 3 unspecified atom stereocenters. The van der Waals surface area contributed by atoms with Crippen LogP contribution < -0.4 is 15.9 Å². The van der Waals surface area contributed by atoms with Crippen molar-refractivity contribution in [2.75, 3.05) is 27.4 Å². The molecule has 1 aliphatic heterocycles. The second-order valence-electron chi connectivity index (χ2n) is 11.5. The van der Waals surface area contributed by atoms with Gasteiger partial charge in [-0.15, -0.1) is 6.58 Å². The van der Waals surface area contributed by atoms with Gasteiger partial charge < -0.3 is 29.8 Å². The van der Waals surface area contributed by atoms with Crippen LogP contribution in [0.3, 0.4) is 0 Å². The lowest BCUT2D eigenvalue weighted by Gasteiger charge is -2.15. The number of esters is 1. The highest BCUT2D eigenvalue weighted by atomic mass is 16.5. The van der Waals surface area contributed by atoms with Crippen molar-refractivity contribution in [1.82, 2.24) is 9.88 Å². The van der Waals surface area contributed by atoms with E-state index < -0.39 is 5.91 Å². The highest BCUT2D eigenvalue weighted by Crippen LogP contribution is 2.40. The number of hydrogen-bond donors (Lipinski definition) is 2. The number of amides is 2. The Morgan fingerprint density at radius 2 is 1.78 bits per heavy atom. The predicted molar refractivity (Wildman–Crippen MR) is 177 cm³/mol. The molecule has 3 atom stereocenters. The molecule has 1 saturated carbocycles. The van der Waals surface area contributed by atoms with Crippen LogP contribution in [-0.2, 0) is 23.9 Å². The number of methoxy groups -OCH3 is 2. The third-order valence-electron chi connectivity index (χ3n) is 7.22. The van der Waals surface area contributed by atoms with Gasteiger partial charge in [0, 0.05) is 36.9 Å². The minimum Gasteiger partial charge on any atom is -0.497 e. The Hall–Kier alpha value is -4.44. The average Bonchev–Trinajstić information content (AvgIpc) is 3.67. The standard InChI is InChI=1S/C16H13NO2.C8H12O2.C6H10N2O2.C5H12O/c1-19-12-7-8-13-15(9-12)17-14(10-16(13)18)11-5-3-2-4-6-11;1-3-6-5-7(6)8(9)10-4-2;7-6(10)5-2-1-3-8(5)4-9;1-5(2,3)6-4/h2-10H,1H3,(H,17,18);3,6-7H,1,4-5H2,2H3;4-5H,1-3H2,(H2,7,10);1-4H3. The molecule has 10 heteroatoms. The monoisotopic (exact) mass is 621 g/mol. The lowest BCUT2D eigenvalue weighted by Crippen LogP contribution is -2.39. The summed E-state index contributed by atoms with van der Waals surface area (Å²) in [6, 6.07) is 16.5. The maximum atomic E-state index is 12.1. The number of carbonyl (C=O) groups is 3. The van der Waals surface area contributed by atoms with E-state index in [1.807, 2.05) is 70.2 Å². The van der Waals surface area contributed by atoms with Crippen molar-refractivity contribution < 1.29 is 28.6 Å². The molecule has 0 radical (unpaired) electrons. The molecule has 10 nitrogen and oxygen atoms in total. The number of benzene rings is 2. The van der Waals surface area contributed by atoms with E-state index in [9.17, 15) is 19.2 Å². The van der Waals surface area contributed by atoms with Crippen molar-refractivity contribution in [2.45, 2.75) is 58.6 Å². The van der Waals surface area contributed by atoms with Gasteiger partial charge in [-0.05, 0) is 70.6 Å². The maximum Gasteiger partial charge on any atom is 0.309 e. The van der Waals surface area contributed by atoms with Crippen molar-refractivity contribution in [3.63, 3.8) is 0 Å². The largest absolute Gasteiger partial charge is 0.497 e. The van der Waals surface area contributed by atoms with E-state index in [1.165, 1.54) is 4.90 Å². The fourth-order valence-electron chi connectivity index (χ4n) is 4.35. The maximum absolute atomic E-state index is 12.1. The van der Waals surface area contributed by atoms with Crippen LogP contribution in [0.25, 0.3) is 22.2 Å². The first-order valence-electron chi connectivity index (χ1n) is 15.0. The Morgan fingerprint density at radius 1 is 1.11 bits per heavy atom. The fourth-order valence-corrected chi connectivity index (χ4v) is 4.35. The lowest BCUT2D eigenvalue weighted by atomic mass is 10.1. The summed E-state index contributed by atoms with van der Waals surface area (Å²) < 4.78 is 14.9. The number of allylic oxidation sites excluding steroid dienone is 1. The first-order valence-corrected chi connectivity index (χ1v) is 15.0. The number of fused-ring (bicyclic) bond motifs is 1. The van der Waals surface area contributed by atoms with Crippen LogP contribution in [0.15, 0.2) is 72.0 Å². The first-order chi connectivity index (χ1) is 21.4. The van der Waals surface area contributed by atoms with E-state index in [0.29, 0.717) is 37.3 Å². The number of aromatic nitrogens is 1. The number of H-pyrrole nitrogens is 1. The van der Waals surface area contributed by atoms with Gasteiger partial charge >= 0.3 is 5.97 Å². The van der Waals surface area contributed by atoms with Crippen LogP contribution in [0.5, 0.6) is 5.75 Å². The van der Waals surface area contributed by atoms with Gasteiger partial charge in [0.15, 0.2) is 5.43 Å². The minimum atomic E-state index is -0.399. The van der Waals surface area contributed by atoms with Gasteiger partial charge in [-0.25, -0.2) is 0 Å². The minimum absolute atomic E-state index is 0.00950. The number of nitrogens with zero attached hydrogens (tertiary/aromatic N) is 1. The van der Waals surface area contributed by atoms with Gasteiger partial charge in [0.25, 0.3) is 0 Å².